The third-order valence-electron chi connectivity index (χ3n) is 0.694. The lowest BCUT2D eigenvalue weighted by Crippen LogP contribution is -2.24. The highest BCUT2D eigenvalue weighted by Crippen LogP contribution is 2.24. The van der Waals surface area contributed by atoms with Crippen molar-refractivity contribution >= 4 is 26.3 Å². The Kier molecular flexibility index (Phi) is 5.01. The standard InChI is InChI=1S/C2H4O8P2S/c1-13(7,8)2(9-11(3)4)10-12(5)6/h2H,1H3. The normalized spacial score (nSPS) is 16.5. The molecule has 2 atom stereocenters. The van der Waals surface area contributed by atoms with E-state index in [1.807, 2.05) is 0 Å². The van der Waals surface area contributed by atoms with Crippen LogP contribution in [0.5, 0.6) is 0 Å². The van der Waals surface area contributed by atoms with E-state index in [4.69, 9.17) is 0 Å². The molecule has 0 aliphatic carbocycles. The molecule has 0 aromatic carbocycles. The summed E-state index contributed by atoms with van der Waals surface area (Å²) in [4.78, 5) is 19.8. The molecule has 0 N–H and O–H groups in total. The summed E-state index contributed by atoms with van der Waals surface area (Å²) in [6.07, 6.45) is 0.565. The number of hydrogen-bond donors (Lipinski definition) is 0. The van der Waals surface area contributed by atoms with Crippen molar-refractivity contribution in [2.75, 3.05) is 6.26 Å². The molecule has 0 saturated carbocycles. The molecule has 0 heterocycles. The maximum absolute atomic E-state index is 10.6. The Bertz CT molecular complexity index is 290. The average Bonchev–Trinajstić information content (AvgIpc) is 1.81. The maximum atomic E-state index is 10.6. The molecule has 0 spiro atoms. The lowest BCUT2D eigenvalue weighted by molar-refractivity contribution is -0.206. The van der Waals surface area contributed by atoms with Gasteiger partial charge in [-0.3, -0.25) is 0 Å². The quantitative estimate of drug-likeness (QED) is 0.420. The van der Waals surface area contributed by atoms with E-state index in [1.165, 1.54) is 0 Å². The molecule has 76 valence electrons. The van der Waals surface area contributed by atoms with E-state index < -0.39 is 32.0 Å². The van der Waals surface area contributed by atoms with Crippen molar-refractivity contribution in [3.8, 4) is 0 Å². The van der Waals surface area contributed by atoms with Crippen LogP contribution in [-0.2, 0) is 28.0 Å². The zero-order chi connectivity index (χ0) is 10.6. The van der Waals surface area contributed by atoms with Crippen LogP contribution >= 0.6 is 16.5 Å². The van der Waals surface area contributed by atoms with Crippen molar-refractivity contribution < 1.29 is 36.4 Å². The van der Waals surface area contributed by atoms with Crippen LogP contribution in [0.4, 0.5) is 0 Å². The van der Waals surface area contributed by atoms with Gasteiger partial charge in [0.05, 0.1) is 0 Å². The largest absolute Gasteiger partial charge is 0.566 e. The van der Waals surface area contributed by atoms with Gasteiger partial charge in [-0.05, 0) is 9.13 Å². The summed E-state index contributed by atoms with van der Waals surface area (Å²) in [6, 6.07) is 0. The number of sulfone groups is 1. The van der Waals surface area contributed by atoms with E-state index >= 15 is 0 Å². The SMILES string of the molecule is CS(=O)(=O)C(O[P+](=O)[O-])O[P+](=O)[O-]. The molecule has 0 aromatic heterocycles. The van der Waals surface area contributed by atoms with Gasteiger partial charge in [0.25, 0.3) is 0 Å². The Labute approximate surface area is 75.3 Å². The molecular formula is C2H4O8P2S. The first-order valence-corrected chi connectivity index (χ1v) is 6.69. The van der Waals surface area contributed by atoms with Crippen LogP contribution in [0.3, 0.4) is 0 Å². The van der Waals surface area contributed by atoms with Crippen molar-refractivity contribution in [1.29, 1.82) is 0 Å². The molecule has 13 heavy (non-hydrogen) atoms. The first-order chi connectivity index (χ1) is 5.73. The average molecular weight is 250 g/mol. The molecule has 0 aliphatic rings. The van der Waals surface area contributed by atoms with Crippen LogP contribution in [0.25, 0.3) is 0 Å². The van der Waals surface area contributed by atoms with Gasteiger partial charge in [0, 0.05) is 6.26 Å². The Morgan fingerprint density at radius 3 is 1.62 bits per heavy atom. The van der Waals surface area contributed by atoms with E-state index in [0.717, 1.165) is 0 Å². The van der Waals surface area contributed by atoms with Crippen molar-refractivity contribution in [2.45, 2.75) is 5.62 Å². The minimum Gasteiger partial charge on any atom is -0.566 e. The summed E-state index contributed by atoms with van der Waals surface area (Å²) >= 11 is 0. The Hall–Kier alpha value is -0.0100. The molecule has 0 radical (unpaired) electrons. The summed E-state index contributed by atoms with van der Waals surface area (Å²) in [5, 5.41) is 0. The fourth-order valence-corrected chi connectivity index (χ4v) is 2.42. The van der Waals surface area contributed by atoms with Crippen molar-refractivity contribution in [1.82, 2.24) is 0 Å². The van der Waals surface area contributed by atoms with Crippen molar-refractivity contribution in [3.05, 3.63) is 0 Å². The van der Waals surface area contributed by atoms with Crippen molar-refractivity contribution in [2.24, 2.45) is 0 Å². The summed E-state index contributed by atoms with van der Waals surface area (Å²) in [5.41, 5.74) is -2.34. The summed E-state index contributed by atoms with van der Waals surface area (Å²) in [7, 11) is -11.1. The van der Waals surface area contributed by atoms with Crippen LogP contribution in [0.2, 0.25) is 0 Å². The molecule has 0 saturated heterocycles. The van der Waals surface area contributed by atoms with E-state index in [2.05, 4.69) is 9.05 Å². The zero-order valence-corrected chi connectivity index (χ0v) is 8.75. The first kappa shape index (κ1) is 13.0. The van der Waals surface area contributed by atoms with Crippen LogP contribution in [0.1, 0.15) is 0 Å². The van der Waals surface area contributed by atoms with Crippen LogP contribution in [-0.4, -0.2) is 20.3 Å². The van der Waals surface area contributed by atoms with Gasteiger partial charge >= 0.3 is 22.1 Å². The second-order valence-corrected chi connectivity index (χ2v) is 5.14. The lowest BCUT2D eigenvalue weighted by Gasteiger charge is -2.02. The highest BCUT2D eigenvalue weighted by molar-refractivity contribution is 7.91. The highest BCUT2D eigenvalue weighted by Gasteiger charge is 2.34. The lowest BCUT2D eigenvalue weighted by atomic mass is 11.5. The molecule has 0 bridgehead atoms. The van der Waals surface area contributed by atoms with Gasteiger partial charge in [0.2, 0.25) is 9.84 Å². The second kappa shape index (κ2) is 5.02. The molecular weight excluding hydrogens is 246 g/mol. The fourth-order valence-electron chi connectivity index (χ4n) is 0.316. The van der Waals surface area contributed by atoms with Crippen LogP contribution in [0, 0.1) is 0 Å². The van der Waals surface area contributed by atoms with Crippen LogP contribution < -0.4 is 9.79 Å². The van der Waals surface area contributed by atoms with Gasteiger partial charge in [0.1, 0.15) is 0 Å². The zero-order valence-electron chi connectivity index (χ0n) is 6.15. The van der Waals surface area contributed by atoms with Crippen molar-refractivity contribution in [3.63, 3.8) is 0 Å². The highest BCUT2D eigenvalue weighted by atomic mass is 32.2. The number of rotatable bonds is 5. The van der Waals surface area contributed by atoms with Gasteiger partial charge in [0.15, 0.2) is 0 Å². The summed E-state index contributed by atoms with van der Waals surface area (Å²) < 4.78 is 48.4. The maximum Gasteiger partial charge on any atom is 0.492 e. The molecule has 2 unspecified atom stereocenters. The Morgan fingerprint density at radius 2 is 1.46 bits per heavy atom. The Balaban J connectivity index is 4.57. The summed E-state index contributed by atoms with van der Waals surface area (Å²) in [5.74, 6) is 0. The van der Waals surface area contributed by atoms with E-state index in [1.54, 1.807) is 0 Å². The Morgan fingerprint density at radius 1 is 1.15 bits per heavy atom. The molecule has 0 amide bonds. The third kappa shape index (κ3) is 6.11. The van der Waals surface area contributed by atoms with Crippen LogP contribution in [0.15, 0.2) is 0 Å². The van der Waals surface area contributed by atoms with E-state index in [9.17, 15) is 27.3 Å². The first-order valence-electron chi connectivity index (χ1n) is 2.54. The predicted octanol–water partition coefficient (Wildman–Crippen LogP) is -1.62. The molecule has 0 aromatic rings. The van der Waals surface area contributed by atoms with E-state index in [-0.39, 0.29) is 0 Å². The van der Waals surface area contributed by atoms with Gasteiger partial charge < -0.3 is 9.79 Å². The summed E-state index contributed by atoms with van der Waals surface area (Å²) in [6.45, 7) is 0. The topological polar surface area (TPSA) is 133 Å². The van der Waals surface area contributed by atoms with Gasteiger partial charge in [-0.15, -0.1) is 0 Å². The van der Waals surface area contributed by atoms with Gasteiger partial charge in [-0.2, -0.15) is 0 Å². The molecule has 8 nitrogen and oxygen atoms in total. The molecule has 0 rings (SSSR count). The fraction of sp³-hybridized carbons (Fsp3) is 1.00. The molecule has 0 fully saturated rings. The minimum atomic E-state index is -4.07. The second-order valence-electron chi connectivity index (χ2n) is 1.78. The monoisotopic (exact) mass is 250 g/mol. The number of hydrogen-bond acceptors (Lipinski definition) is 8. The molecule has 11 heteroatoms. The predicted molar refractivity (Wildman–Crippen MR) is 36.0 cm³/mol. The van der Waals surface area contributed by atoms with Gasteiger partial charge in [-0.1, -0.05) is 9.05 Å². The smallest absolute Gasteiger partial charge is 0.492 e. The third-order valence-corrected chi connectivity index (χ3v) is 2.60. The minimum absolute atomic E-state index is 0.565. The van der Waals surface area contributed by atoms with Gasteiger partial charge in [-0.25, -0.2) is 8.42 Å². The van der Waals surface area contributed by atoms with E-state index in [0.29, 0.717) is 6.26 Å². The molecule has 0 aliphatic heterocycles.